The number of ether oxygens (including phenoxy) is 1. The van der Waals surface area contributed by atoms with Gasteiger partial charge in [-0.3, -0.25) is 4.79 Å². The number of ketones is 1. The lowest BCUT2D eigenvalue weighted by atomic mass is 9.83. The number of carbonyl (C=O) groups is 2. The summed E-state index contributed by atoms with van der Waals surface area (Å²) in [6.07, 6.45) is 5.82. The fourth-order valence-electron chi connectivity index (χ4n) is 2.92. The van der Waals surface area contributed by atoms with Crippen molar-refractivity contribution in [2.75, 3.05) is 6.61 Å². The van der Waals surface area contributed by atoms with E-state index >= 15 is 0 Å². The SMILES string of the molecule is CC(=O)/C=C/C1=CC[C@H]2[C@H](C[C@@H]1C)OC(=O)[C@@]2(O)CO. The molecule has 0 aromatic rings. The standard InChI is InChI=1S/C15H20O5/c1-9-7-13-12(15(19,8-16)14(18)20-13)6-5-11(9)4-3-10(2)17/h3-5,9,12-13,16,19H,6-8H2,1-2H3/b4-3+/t9-,12-,13-,15+/m0/s1. The molecule has 1 fully saturated rings. The van der Waals surface area contributed by atoms with Crippen LogP contribution in [0.2, 0.25) is 0 Å². The molecule has 20 heavy (non-hydrogen) atoms. The largest absolute Gasteiger partial charge is 0.460 e. The van der Waals surface area contributed by atoms with E-state index < -0.39 is 30.2 Å². The highest BCUT2D eigenvalue weighted by molar-refractivity contribution is 5.87. The van der Waals surface area contributed by atoms with Crippen LogP contribution in [0.4, 0.5) is 0 Å². The molecule has 1 aliphatic carbocycles. The van der Waals surface area contributed by atoms with E-state index in [4.69, 9.17) is 4.74 Å². The number of aliphatic hydroxyl groups excluding tert-OH is 1. The summed E-state index contributed by atoms with van der Waals surface area (Å²) in [6, 6.07) is 0. The van der Waals surface area contributed by atoms with Crippen molar-refractivity contribution in [2.24, 2.45) is 11.8 Å². The van der Waals surface area contributed by atoms with Crippen molar-refractivity contribution in [2.45, 2.75) is 38.4 Å². The van der Waals surface area contributed by atoms with E-state index in [1.165, 1.54) is 13.0 Å². The number of carbonyl (C=O) groups excluding carboxylic acids is 2. The lowest BCUT2D eigenvalue weighted by Gasteiger charge is -2.24. The molecular formula is C15H20O5. The molecule has 0 spiro atoms. The molecule has 2 aliphatic rings. The van der Waals surface area contributed by atoms with Gasteiger partial charge in [0.25, 0.3) is 0 Å². The maximum atomic E-state index is 11.7. The Kier molecular flexibility index (Phi) is 4.11. The summed E-state index contributed by atoms with van der Waals surface area (Å²) in [5, 5.41) is 19.6. The van der Waals surface area contributed by atoms with Crippen molar-refractivity contribution in [3.63, 3.8) is 0 Å². The molecule has 4 atom stereocenters. The predicted molar refractivity (Wildman–Crippen MR) is 71.7 cm³/mol. The van der Waals surface area contributed by atoms with E-state index in [0.29, 0.717) is 12.8 Å². The van der Waals surface area contributed by atoms with Gasteiger partial charge in [0.2, 0.25) is 0 Å². The summed E-state index contributed by atoms with van der Waals surface area (Å²) in [4.78, 5) is 22.7. The van der Waals surface area contributed by atoms with Crippen LogP contribution in [0.5, 0.6) is 0 Å². The Balaban J connectivity index is 2.24. The number of rotatable bonds is 3. The van der Waals surface area contributed by atoms with E-state index in [1.807, 2.05) is 13.0 Å². The van der Waals surface area contributed by atoms with Crippen LogP contribution in [-0.2, 0) is 14.3 Å². The molecule has 5 nitrogen and oxygen atoms in total. The van der Waals surface area contributed by atoms with Crippen molar-refractivity contribution < 1.29 is 24.5 Å². The van der Waals surface area contributed by atoms with Gasteiger partial charge in [-0.15, -0.1) is 0 Å². The Bertz CT molecular complexity index is 479. The Morgan fingerprint density at radius 1 is 1.60 bits per heavy atom. The third-order valence-electron chi connectivity index (χ3n) is 4.19. The molecule has 0 aromatic heterocycles. The maximum Gasteiger partial charge on any atom is 0.341 e. The van der Waals surface area contributed by atoms with Gasteiger partial charge in [0.15, 0.2) is 11.4 Å². The van der Waals surface area contributed by atoms with E-state index in [-0.39, 0.29) is 11.7 Å². The third-order valence-corrected chi connectivity index (χ3v) is 4.19. The maximum absolute atomic E-state index is 11.7. The zero-order valence-corrected chi connectivity index (χ0v) is 11.7. The van der Waals surface area contributed by atoms with Gasteiger partial charge >= 0.3 is 5.97 Å². The minimum Gasteiger partial charge on any atom is -0.460 e. The first-order valence-electron chi connectivity index (χ1n) is 6.81. The first-order valence-corrected chi connectivity index (χ1v) is 6.81. The summed E-state index contributed by atoms with van der Waals surface area (Å²) in [5.41, 5.74) is -0.813. The molecule has 0 saturated carbocycles. The van der Waals surface area contributed by atoms with Crippen LogP contribution in [0.3, 0.4) is 0 Å². The molecule has 1 saturated heterocycles. The number of allylic oxidation sites excluding steroid dienone is 4. The van der Waals surface area contributed by atoms with Gasteiger partial charge in [0.05, 0.1) is 6.61 Å². The molecular weight excluding hydrogens is 260 g/mol. The fourth-order valence-corrected chi connectivity index (χ4v) is 2.92. The van der Waals surface area contributed by atoms with E-state index in [1.54, 1.807) is 6.08 Å². The Hall–Kier alpha value is -1.46. The highest BCUT2D eigenvalue weighted by Crippen LogP contribution is 2.41. The summed E-state index contributed by atoms with van der Waals surface area (Å²) in [7, 11) is 0. The van der Waals surface area contributed by atoms with Crippen molar-refractivity contribution in [1.29, 1.82) is 0 Å². The number of esters is 1. The van der Waals surface area contributed by atoms with Crippen LogP contribution in [0.25, 0.3) is 0 Å². The highest BCUT2D eigenvalue weighted by Gasteiger charge is 2.56. The smallest absolute Gasteiger partial charge is 0.341 e. The molecule has 0 amide bonds. The molecule has 110 valence electrons. The number of hydrogen-bond donors (Lipinski definition) is 2. The monoisotopic (exact) mass is 280 g/mol. The molecule has 2 N–H and O–H groups in total. The second-order valence-electron chi connectivity index (χ2n) is 5.65. The predicted octanol–water partition coefficient (Wildman–Crippen LogP) is 0.753. The Morgan fingerprint density at radius 2 is 2.30 bits per heavy atom. The first-order chi connectivity index (χ1) is 9.38. The Labute approximate surface area is 117 Å². The van der Waals surface area contributed by atoms with Gasteiger partial charge < -0.3 is 14.9 Å². The quantitative estimate of drug-likeness (QED) is 0.589. The molecule has 0 unspecified atom stereocenters. The second kappa shape index (κ2) is 5.50. The number of hydrogen-bond acceptors (Lipinski definition) is 5. The second-order valence-corrected chi connectivity index (χ2v) is 5.65. The van der Waals surface area contributed by atoms with Crippen molar-refractivity contribution >= 4 is 11.8 Å². The molecule has 0 bridgehead atoms. The summed E-state index contributed by atoms with van der Waals surface area (Å²) < 4.78 is 5.22. The molecule has 0 radical (unpaired) electrons. The third kappa shape index (κ3) is 2.55. The molecule has 2 rings (SSSR count). The normalized spacial score (nSPS) is 37.3. The summed E-state index contributed by atoms with van der Waals surface area (Å²) >= 11 is 0. The lowest BCUT2D eigenvalue weighted by Crippen LogP contribution is -2.45. The minimum absolute atomic E-state index is 0.0270. The van der Waals surface area contributed by atoms with E-state index in [9.17, 15) is 19.8 Å². The topological polar surface area (TPSA) is 83.8 Å². The van der Waals surface area contributed by atoms with Crippen molar-refractivity contribution in [3.05, 3.63) is 23.8 Å². The van der Waals surface area contributed by atoms with Gasteiger partial charge in [-0.1, -0.05) is 19.1 Å². The Morgan fingerprint density at radius 3 is 2.90 bits per heavy atom. The van der Waals surface area contributed by atoms with Crippen LogP contribution in [0.15, 0.2) is 23.8 Å². The minimum atomic E-state index is -1.80. The zero-order chi connectivity index (χ0) is 14.9. The number of aliphatic hydroxyl groups is 2. The average Bonchev–Trinajstić information content (AvgIpc) is 2.53. The van der Waals surface area contributed by atoms with Gasteiger partial charge in [0.1, 0.15) is 6.10 Å². The van der Waals surface area contributed by atoms with Crippen LogP contribution >= 0.6 is 0 Å². The van der Waals surface area contributed by atoms with Crippen molar-refractivity contribution in [1.82, 2.24) is 0 Å². The van der Waals surface area contributed by atoms with Crippen LogP contribution in [0, 0.1) is 11.8 Å². The zero-order valence-electron chi connectivity index (χ0n) is 11.7. The molecule has 0 aromatic carbocycles. The van der Waals surface area contributed by atoms with Gasteiger partial charge in [-0.25, -0.2) is 4.79 Å². The van der Waals surface area contributed by atoms with E-state index in [2.05, 4.69) is 0 Å². The molecule has 1 heterocycles. The molecule has 5 heteroatoms. The fraction of sp³-hybridized carbons (Fsp3) is 0.600. The van der Waals surface area contributed by atoms with Crippen molar-refractivity contribution in [3.8, 4) is 0 Å². The molecule has 1 aliphatic heterocycles. The highest BCUT2D eigenvalue weighted by atomic mass is 16.6. The van der Waals surface area contributed by atoms with Gasteiger partial charge in [-0.05, 0) is 37.3 Å². The van der Waals surface area contributed by atoms with Crippen LogP contribution < -0.4 is 0 Å². The first kappa shape index (κ1) is 14.9. The van der Waals surface area contributed by atoms with E-state index in [0.717, 1.165) is 5.57 Å². The van der Waals surface area contributed by atoms with Gasteiger partial charge in [-0.2, -0.15) is 0 Å². The number of fused-ring (bicyclic) bond motifs is 1. The van der Waals surface area contributed by atoms with Crippen LogP contribution in [0.1, 0.15) is 26.7 Å². The van der Waals surface area contributed by atoms with Gasteiger partial charge in [0, 0.05) is 5.92 Å². The lowest BCUT2D eigenvalue weighted by molar-refractivity contribution is -0.159. The average molecular weight is 280 g/mol. The summed E-state index contributed by atoms with van der Waals surface area (Å²) in [5.74, 6) is -1.08. The van der Waals surface area contributed by atoms with Crippen LogP contribution in [-0.4, -0.2) is 40.3 Å². The summed E-state index contributed by atoms with van der Waals surface area (Å²) in [6.45, 7) is 2.84.